The number of rotatable bonds is 8. The van der Waals surface area contributed by atoms with Crippen LogP contribution in [0.2, 0.25) is 0 Å². The lowest BCUT2D eigenvalue weighted by Crippen LogP contribution is -2.39. The Balaban J connectivity index is 1.32. The van der Waals surface area contributed by atoms with Gasteiger partial charge in [-0.2, -0.15) is 0 Å². The van der Waals surface area contributed by atoms with Gasteiger partial charge in [0.2, 0.25) is 6.41 Å². The molecular weight excluding hydrogens is 386 g/mol. The number of anilines is 1. The van der Waals surface area contributed by atoms with Crippen molar-refractivity contribution in [3.05, 3.63) is 29.1 Å². The summed E-state index contributed by atoms with van der Waals surface area (Å²) in [7, 11) is 1.68. The maximum Gasteiger partial charge on any atom is 0.210 e. The largest absolute Gasteiger partial charge is 0.493 e. The molecule has 156 valence electrons. The van der Waals surface area contributed by atoms with E-state index in [1.54, 1.807) is 18.4 Å². The van der Waals surface area contributed by atoms with Crippen LogP contribution in [0.3, 0.4) is 0 Å². The molecule has 0 bridgehead atoms. The molecule has 2 heterocycles. The lowest BCUT2D eigenvalue weighted by atomic mass is 9.85. The maximum absolute atomic E-state index is 11.4. The molecule has 0 unspecified atom stereocenters. The molecule has 2 aromatic rings. The van der Waals surface area contributed by atoms with E-state index >= 15 is 0 Å². The average molecular weight is 416 g/mol. The van der Waals surface area contributed by atoms with Gasteiger partial charge in [0.05, 0.1) is 18.9 Å². The molecule has 1 aliphatic heterocycles. The highest BCUT2D eigenvalue weighted by Crippen LogP contribution is 2.39. The Bertz CT molecular complexity index is 817. The van der Waals surface area contributed by atoms with E-state index in [1.165, 1.54) is 4.88 Å². The molecule has 1 aromatic heterocycles. The standard InChI is InChI=1S/C22H29N3O3S/c1-27-13-11-25(15-26)17-8-6-16(7-9-17)14-23-22-24-21-18-4-2-3-5-19(18)28-12-10-20(21)29-22/h2-5,15-17H,6-14H2,1H3,(H,23,24). The normalized spacial score (nSPS) is 20.7. The molecule has 1 aromatic carbocycles. The minimum absolute atomic E-state index is 0.353. The maximum atomic E-state index is 11.4. The number of amides is 1. The summed E-state index contributed by atoms with van der Waals surface area (Å²) in [5.41, 5.74) is 2.16. The smallest absolute Gasteiger partial charge is 0.210 e. The molecule has 1 aliphatic carbocycles. The first-order valence-corrected chi connectivity index (χ1v) is 11.3. The molecule has 4 rings (SSSR count). The highest BCUT2D eigenvalue weighted by Gasteiger charge is 2.26. The third kappa shape index (κ3) is 4.73. The molecule has 1 amide bonds. The zero-order valence-electron chi connectivity index (χ0n) is 16.9. The van der Waals surface area contributed by atoms with Gasteiger partial charge in [-0.05, 0) is 43.7 Å². The number of carbonyl (C=O) groups is 1. The van der Waals surface area contributed by atoms with Crippen molar-refractivity contribution in [2.24, 2.45) is 5.92 Å². The second-order valence-electron chi connectivity index (χ2n) is 7.78. The van der Waals surface area contributed by atoms with Crippen molar-refractivity contribution in [2.75, 3.05) is 38.7 Å². The summed E-state index contributed by atoms with van der Waals surface area (Å²) in [5, 5.41) is 4.58. The number of nitrogens with one attached hydrogen (secondary N) is 1. The van der Waals surface area contributed by atoms with E-state index in [1.807, 2.05) is 23.1 Å². The summed E-state index contributed by atoms with van der Waals surface area (Å²) in [6, 6.07) is 8.51. The summed E-state index contributed by atoms with van der Waals surface area (Å²) in [4.78, 5) is 19.4. The number of carbonyl (C=O) groups excluding carboxylic acids is 1. The lowest BCUT2D eigenvalue weighted by molar-refractivity contribution is -0.121. The van der Waals surface area contributed by atoms with Gasteiger partial charge in [-0.1, -0.05) is 12.1 Å². The van der Waals surface area contributed by atoms with Crippen LogP contribution in [0.25, 0.3) is 11.3 Å². The van der Waals surface area contributed by atoms with Crippen LogP contribution in [0.1, 0.15) is 30.6 Å². The van der Waals surface area contributed by atoms with E-state index in [0.717, 1.165) is 67.2 Å². The molecule has 6 nitrogen and oxygen atoms in total. The molecule has 1 N–H and O–H groups in total. The Morgan fingerprint density at radius 3 is 2.93 bits per heavy atom. The highest BCUT2D eigenvalue weighted by atomic mass is 32.1. The van der Waals surface area contributed by atoms with E-state index in [4.69, 9.17) is 14.5 Å². The monoisotopic (exact) mass is 415 g/mol. The Morgan fingerprint density at radius 2 is 2.14 bits per heavy atom. The Labute approximate surface area is 176 Å². The first-order valence-electron chi connectivity index (χ1n) is 10.4. The topological polar surface area (TPSA) is 63.7 Å². The number of para-hydroxylation sites is 1. The lowest BCUT2D eigenvalue weighted by Gasteiger charge is -2.34. The third-order valence-electron chi connectivity index (χ3n) is 5.94. The van der Waals surface area contributed by atoms with Crippen molar-refractivity contribution in [1.29, 1.82) is 0 Å². The van der Waals surface area contributed by atoms with E-state index in [2.05, 4.69) is 11.4 Å². The first kappa shape index (κ1) is 20.2. The van der Waals surface area contributed by atoms with Gasteiger partial charge in [-0.25, -0.2) is 4.98 Å². The first-order chi connectivity index (χ1) is 14.3. The van der Waals surface area contributed by atoms with Crippen molar-refractivity contribution in [3.8, 4) is 17.0 Å². The average Bonchev–Trinajstić information content (AvgIpc) is 3.09. The van der Waals surface area contributed by atoms with Gasteiger partial charge in [0, 0.05) is 43.1 Å². The van der Waals surface area contributed by atoms with Gasteiger partial charge in [-0.15, -0.1) is 11.3 Å². The summed E-state index contributed by atoms with van der Waals surface area (Å²) in [5.74, 6) is 1.55. The fourth-order valence-electron chi connectivity index (χ4n) is 4.28. The molecule has 1 saturated carbocycles. The summed E-state index contributed by atoms with van der Waals surface area (Å²) in [6.45, 7) is 2.93. The predicted molar refractivity (Wildman–Crippen MR) is 116 cm³/mol. The Kier molecular flexibility index (Phi) is 6.67. The number of methoxy groups -OCH3 is 1. The fourth-order valence-corrected chi connectivity index (χ4v) is 5.24. The molecule has 0 saturated heterocycles. The molecule has 1 fully saturated rings. The number of fused-ring (bicyclic) bond motifs is 3. The van der Waals surface area contributed by atoms with Gasteiger partial charge in [0.1, 0.15) is 5.75 Å². The van der Waals surface area contributed by atoms with Crippen molar-refractivity contribution in [1.82, 2.24) is 9.88 Å². The summed E-state index contributed by atoms with van der Waals surface area (Å²) >= 11 is 1.75. The number of thiazole rings is 1. The van der Waals surface area contributed by atoms with Crippen LogP contribution in [0.15, 0.2) is 24.3 Å². The molecule has 0 atom stereocenters. The van der Waals surface area contributed by atoms with E-state index in [0.29, 0.717) is 31.7 Å². The summed E-state index contributed by atoms with van der Waals surface area (Å²) in [6.07, 6.45) is 6.28. The van der Waals surface area contributed by atoms with Crippen molar-refractivity contribution >= 4 is 22.9 Å². The molecule has 29 heavy (non-hydrogen) atoms. The molecule has 0 radical (unpaired) electrons. The van der Waals surface area contributed by atoms with Crippen LogP contribution in [0.4, 0.5) is 5.13 Å². The van der Waals surface area contributed by atoms with Gasteiger partial charge >= 0.3 is 0 Å². The van der Waals surface area contributed by atoms with Crippen molar-refractivity contribution in [2.45, 2.75) is 38.1 Å². The van der Waals surface area contributed by atoms with Gasteiger partial charge in [-0.3, -0.25) is 4.79 Å². The van der Waals surface area contributed by atoms with Gasteiger partial charge < -0.3 is 19.7 Å². The minimum Gasteiger partial charge on any atom is -0.493 e. The van der Waals surface area contributed by atoms with Crippen LogP contribution < -0.4 is 10.1 Å². The third-order valence-corrected chi connectivity index (χ3v) is 7.02. The number of ether oxygens (including phenoxy) is 2. The van der Waals surface area contributed by atoms with Crippen LogP contribution in [0, 0.1) is 5.92 Å². The Morgan fingerprint density at radius 1 is 1.31 bits per heavy atom. The van der Waals surface area contributed by atoms with E-state index < -0.39 is 0 Å². The second kappa shape index (κ2) is 9.59. The van der Waals surface area contributed by atoms with E-state index in [-0.39, 0.29) is 0 Å². The van der Waals surface area contributed by atoms with Crippen LogP contribution in [-0.4, -0.2) is 55.7 Å². The summed E-state index contributed by atoms with van der Waals surface area (Å²) < 4.78 is 11.0. The van der Waals surface area contributed by atoms with Crippen LogP contribution in [0.5, 0.6) is 5.75 Å². The zero-order chi connectivity index (χ0) is 20.1. The SMILES string of the molecule is COCCN(C=O)C1CCC(CNc2nc3c(s2)CCOc2ccccc2-3)CC1. The van der Waals surface area contributed by atoms with Crippen LogP contribution in [-0.2, 0) is 16.0 Å². The molecule has 7 heteroatoms. The van der Waals surface area contributed by atoms with Crippen molar-refractivity contribution in [3.63, 3.8) is 0 Å². The highest BCUT2D eigenvalue weighted by molar-refractivity contribution is 7.16. The molecular formula is C22H29N3O3S. The van der Waals surface area contributed by atoms with E-state index in [9.17, 15) is 4.79 Å². The number of hydrogen-bond donors (Lipinski definition) is 1. The number of hydrogen-bond acceptors (Lipinski definition) is 6. The zero-order valence-corrected chi connectivity index (χ0v) is 17.7. The Hall–Kier alpha value is -2.12. The van der Waals surface area contributed by atoms with Gasteiger partial charge in [0.15, 0.2) is 5.13 Å². The number of aromatic nitrogens is 1. The van der Waals surface area contributed by atoms with Gasteiger partial charge in [0.25, 0.3) is 0 Å². The van der Waals surface area contributed by atoms with Crippen molar-refractivity contribution < 1.29 is 14.3 Å². The molecule has 2 aliphatic rings. The second-order valence-corrected chi connectivity index (χ2v) is 8.86. The minimum atomic E-state index is 0.353. The number of nitrogens with zero attached hydrogens (tertiary/aromatic N) is 2. The number of benzene rings is 1. The quantitative estimate of drug-likeness (QED) is 0.664. The van der Waals surface area contributed by atoms with Crippen LogP contribution >= 0.6 is 11.3 Å². The fraction of sp³-hybridized carbons (Fsp3) is 0.545. The predicted octanol–water partition coefficient (Wildman–Crippen LogP) is 3.82. The molecule has 0 spiro atoms.